The van der Waals surface area contributed by atoms with Crippen LogP contribution in [0.4, 0.5) is 5.69 Å². The molecule has 1 heterocycles. The molecule has 0 aliphatic carbocycles. The lowest BCUT2D eigenvalue weighted by Gasteiger charge is -2.10. The van der Waals surface area contributed by atoms with Gasteiger partial charge in [0.05, 0.1) is 11.0 Å². The topological polar surface area (TPSA) is 55.9 Å². The van der Waals surface area contributed by atoms with Crippen LogP contribution in [0, 0.1) is 6.92 Å². The van der Waals surface area contributed by atoms with E-state index in [0.29, 0.717) is 0 Å². The Kier molecular flexibility index (Phi) is 3.88. The van der Waals surface area contributed by atoms with Crippen LogP contribution in [0.5, 0.6) is 0 Å². The van der Waals surface area contributed by atoms with Gasteiger partial charge in [0.15, 0.2) is 0 Å². The first-order chi connectivity index (χ1) is 10.3. The van der Waals surface area contributed by atoms with E-state index in [-0.39, 0.29) is 0 Å². The molecule has 0 aliphatic rings. The molecule has 0 atom stereocenters. The maximum atomic E-state index is 5.94. The van der Waals surface area contributed by atoms with Crippen molar-refractivity contribution in [1.29, 1.82) is 0 Å². The largest absolute Gasteiger partial charge is 0.398 e. The van der Waals surface area contributed by atoms with E-state index in [1.807, 2.05) is 24.3 Å². The van der Waals surface area contributed by atoms with Crippen molar-refractivity contribution < 1.29 is 0 Å². The average Bonchev–Trinajstić information content (AvgIpc) is 2.81. The number of rotatable bonds is 5. The minimum Gasteiger partial charge on any atom is -0.398 e. The number of nitrogens with two attached hydrogens (primary N) is 1. The highest BCUT2D eigenvalue weighted by atomic mass is 15.1. The van der Waals surface area contributed by atoms with Crippen molar-refractivity contribution >= 4 is 16.7 Å². The van der Waals surface area contributed by atoms with Gasteiger partial charge in [0.2, 0.25) is 0 Å². The molecule has 0 radical (unpaired) electrons. The lowest BCUT2D eigenvalue weighted by Crippen LogP contribution is -2.20. The van der Waals surface area contributed by atoms with Crippen LogP contribution in [0.2, 0.25) is 0 Å². The second-order valence-electron chi connectivity index (χ2n) is 5.17. The van der Waals surface area contributed by atoms with Gasteiger partial charge in [-0.2, -0.15) is 0 Å². The Labute approximate surface area is 124 Å². The van der Waals surface area contributed by atoms with E-state index < -0.39 is 0 Å². The number of imidazole rings is 1. The SMILES string of the molecule is Cc1nc2ccccc2n1CCNCc1ccccc1N. The number of benzene rings is 2. The summed E-state index contributed by atoms with van der Waals surface area (Å²) in [5, 5.41) is 3.44. The Morgan fingerprint density at radius 1 is 1.10 bits per heavy atom. The first-order valence-corrected chi connectivity index (χ1v) is 7.21. The summed E-state index contributed by atoms with van der Waals surface area (Å²) in [6, 6.07) is 16.2. The summed E-state index contributed by atoms with van der Waals surface area (Å²) >= 11 is 0. The van der Waals surface area contributed by atoms with E-state index in [1.54, 1.807) is 0 Å². The van der Waals surface area contributed by atoms with Gasteiger partial charge in [-0.05, 0) is 30.7 Å². The second-order valence-corrected chi connectivity index (χ2v) is 5.17. The molecule has 0 saturated heterocycles. The van der Waals surface area contributed by atoms with Gasteiger partial charge in [-0.15, -0.1) is 0 Å². The number of fused-ring (bicyclic) bond motifs is 1. The molecule has 21 heavy (non-hydrogen) atoms. The van der Waals surface area contributed by atoms with Crippen molar-refractivity contribution in [1.82, 2.24) is 14.9 Å². The fourth-order valence-corrected chi connectivity index (χ4v) is 2.59. The van der Waals surface area contributed by atoms with E-state index >= 15 is 0 Å². The van der Waals surface area contributed by atoms with E-state index in [1.165, 1.54) is 5.52 Å². The smallest absolute Gasteiger partial charge is 0.106 e. The van der Waals surface area contributed by atoms with Crippen LogP contribution >= 0.6 is 0 Å². The first kappa shape index (κ1) is 13.6. The van der Waals surface area contributed by atoms with Crippen LogP contribution in [0.25, 0.3) is 11.0 Å². The van der Waals surface area contributed by atoms with Gasteiger partial charge >= 0.3 is 0 Å². The third-order valence-corrected chi connectivity index (χ3v) is 3.73. The average molecular weight is 280 g/mol. The van der Waals surface area contributed by atoms with Gasteiger partial charge in [-0.25, -0.2) is 4.98 Å². The van der Waals surface area contributed by atoms with Crippen molar-refractivity contribution in [2.45, 2.75) is 20.0 Å². The number of hydrogen-bond acceptors (Lipinski definition) is 3. The Bertz CT molecular complexity index is 745. The lowest BCUT2D eigenvalue weighted by atomic mass is 10.2. The van der Waals surface area contributed by atoms with E-state index in [9.17, 15) is 0 Å². The summed E-state index contributed by atoms with van der Waals surface area (Å²) in [5.74, 6) is 1.05. The molecule has 3 N–H and O–H groups in total. The number of anilines is 1. The van der Waals surface area contributed by atoms with Gasteiger partial charge in [0.1, 0.15) is 5.82 Å². The molecule has 4 nitrogen and oxygen atoms in total. The minimum absolute atomic E-state index is 0.790. The van der Waals surface area contributed by atoms with Gasteiger partial charge in [-0.3, -0.25) is 0 Å². The molecule has 0 saturated carbocycles. The number of nitrogen functional groups attached to an aromatic ring is 1. The normalized spacial score (nSPS) is 11.1. The van der Waals surface area contributed by atoms with E-state index in [4.69, 9.17) is 5.73 Å². The predicted octanol–water partition coefficient (Wildman–Crippen LogP) is 2.72. The third-order valence-electron chi connectivity index (χ3n) is 3.73. The second kappa shape index (κ2) is 5.97. The van der Waals surface area contributed by atoms with Crippen LogP contribution in [-0.4, -0.2) is 16.1 Å². The van der Waals surface area contributed by atoms with Gasteiger partial charge in [0.25, 0.3) is 0 Å². The molecule has 0 aliphatic heterocycles. The molecular formula is C17H20N4. The monoisotopic (exact) mass is 280 g/mol. The fraction of sp³-hybridized carbons (Fsp3) is 0.235. The third kappa shape index (κ3) is 2.90. The predicted molar refractivity (Wildman–Crippen MR) is 87.0 cm³/mol. The van der Waals surface area contributed by atoms with Gasteiger partial charge in [-0.1, -0.05) is 30.3 Å². The number of nitrogens with one attached hydrogen (secondary N) is 1. The Hall–Kier alpha value is -2.33. The summed E-state index contributed by atoms with van der Waals surface area (Å²) in [7, 11) is 0. The van der Waals surface area contributed by atoms with Crippen LogP contribution < -0.4 is 11.1 Å². The molecule has 0 amide bonds. The summed E-state index contributed by atoms with van der Waals surface area (Å²) in [4.78, 5) is 4.58. The molecule has 0 fully saturated rings. The summed E-state index contributed by atoms with van der Waals surface area (Å²) < 4.78 is 2.25. The van der Waals surface area contributed by atoms with Crippen molar-refractivity contribution in [3.63, 3.8) is 0 Å². The Balaban J connectivity index is 1.62. The zero-order valence-corrected chi connectivity index (χ0v) is 12.2. The quantitative estimate of drug-likeness (QED) is 0.558. The van der Waals surface area contributed by atoms with Gasteiger partial charge in [0, 0.05) is 25.3 Å². The highest BCUT2D eigenvalue weighted by molar-refractivity contribution is 5.75. The van der Waals surface area contributed by atoms with Crippen molar-refractivity contribution in [2.24, 2.45) is 0 Å². The Morgan fingerprint density at radius 2 is 1.86 bits per heavy atom. The van der Waals surface area contributed by atoms with Crippen LogP contribution in [-0.2, 0) is 13.1 Å². The molecular weight excluding hydrogens is 260 g/mol. The number of para-hydroxylation sites is 3. The zero-order chi connectivity index (χ0) is 14.7. The number of aryl methyl sites for hydroxylation is 1. The molecule has 1 aromatic heterocycles. The summed E-state index contributed by atoms with van der Waals surface area (Å²) in [5.41, 5.74) is 10.2. The summed E-state index contributed by atoms with van der Waals surface area (Å²) in [6.07, 6.45) is 0. The molecule has 4 heteroatoms. The van der Waals surface area contributed by atoms with E-state index in [0.717, 1.165) is 42.2 Å². The van der Waals surface area contributed by atoms with Crippen LogP contribution in [0.1, 0.15) is 11.4 Å². The molecule has 0 unspecified atom stereocenters. The minimum atomic E-state index is 0.790. The van der Waals surface area contributed by atoms with Crippen molar-refractivity contribution in [3.8, 4) is 0 Å². The first-order valence-electron chi connectivity index (χ1n) is 7.21. The molecule has 3 rings (SSSR count). The molecule has 3 aromatic rings. The Morgan fingerprint density at radius 3 is 2.71 bits per heavy atom. The van der Waals surface area contributed by atoms with Crippen molar-refractivity contribution in [3.05, 3.63) is 59.9 Å². The lowest BCUT2D eigenvalue weighted by molar-refractivity contribution is 0.598. The highest BCUT2D eigenvalue weighted by Crippen LogP contribution is 2.15. The standard InChI is InChI=1S/C17H20N4/c1-13-20-16-8-4-5-9-17(16)21(13)11-10-19-12-14-6-2-3-7-15(14)18/h2-9,19H,10-12,18H2,1H3. The maximum Gasteiger partial charge on any atom is 0.106 e. The zero-order valence-electron chi connectivity index (χ0n) is 12.2. The number of hydrogen-bond donors (Lipinski definition) is 2. The molecule has 2 aromatic carbocycles. The number of nitrogens with zero attached hydrogens (tertiary/aromatic N) is 2. The number of aromatic nitrogens is 2. The summed E-state index contributed by atoms with van der Waals surface area (Å²) in [6.45, 7) is 4.63. The van der Waals surface area contributed by atoms with Gasteiger partial charge < -0.3 is 15.6 Å². The van der Waals surface area contributed by atoms with Crippen molar-refractivity contribution in [2.75, 3.05) is 12.3 Å². The molecule has 0 bridgehead atoms. The maximum absolute atomic E-state index is 5.94. The highest BCUT2D eigenvalue weighted by Gasteiger charge is 2.05. The molecule has 0 spiro atoms. The molecule has 108 valence electrons. The van der Waals surface area contributed by atoms with Crippen LogP contribution in [0.3, 0.4) is 0 Å². The van der Waals surface area contributed by atoms with E-state index in [2.05, 4.69) is 46.1 Å². The van der Waals surface area contributed by atoms with Crippen LogP contribution in [0.15, 0.2) is 48.5 Å². The fourth-order valence-electron chi connectivity index (χ4n) is 2.59.